The van der Waals surface area contributed by atoms with Gasteiger partial charge in [-0.15, -0.1) is 0 Å². The number of aromatic nitrogens is 4. The molecule has 0 spiro atoms. The molecule has 0 aliphatic carbocycles. The number of carbonyl (C=O) groups is 1. The Balaban J connectivity index is 1.39. The fourth-order valence-corrected chi connectivity index (χ4v) is 4.16. The molecular formula is C20H28N6O. The topological polar surface area (TPSA) is 78.0 Å². The van der Waals surface area contributed by atoms with Gasteiger partial charge in [0.1, 0.15) is 11.6 Å². The second-order valence-electron chi connectivity index (χ2n) is 7.74. The number of imidazole rings is 1. The lowest BCUT2D eigenvalue weighted by Gasteiger charge is -2.31. The highest BCUT2D eigenvalue weighted by Gasteiger charge is 2.26. The van der Waals surface area contributed by atoms with E-state index < -0.39 is 0 Å². The smallest absolute Gasteiger partial charge is 0.257 e. The molecule has 2 saturated heterocycles. The fourth-order valence-electron chi connectivity index (χ4n) is 4.16. The zero-order valence-electron chi connectivity index (χ0n) is 16.0. The summed E-state index contributed by atoms with van der Waals surface area (Å²) in [6.45, 7) is 6.62. The van der Waals surface area contributed by atoms with E-state index in [4.69, 9.17) is 0 Å². The Morgan fingerprint density at radius 1 is 1.19 bits per heavy atom. The van der Waals surface area contributed by atoms with E-state index >= 15 is 0 Å². The summed E-state index contributed by atoms with van der Waals surface area (Å²) in [7, 11) is 0. The molecule has 1 N–H and O–H groups in total. The van der Waals surface area contributed by atoms with Gasteiger partial charge in [0.25, 0.3) is 5.91 Å². The van der Waals surface area contributed by atoms with Crippen molar-refractivity contribution in [2.45, 2.75) is 45.6 Å². The summed E-state index contributed by atoms with van der Waals surface area (Å²) in [5.41, 5.74) is 1.64. The molecule has 7 nitrogen and oxygen atoms in total. The van der Waals surface area contributed by atoms with Crippen molar-refractivity contribution in [3.8, 4) is 0 Å². The van der Waals surface area contributed by atoms with Crippen LogP contribution in [-0.4, -0.2) is 61.8 Å². The minimum Gasteiger partial charge on any atom is -0.348 e. The van der Waals surface area contributed by atoms with Crippen molar-refractivity contribution in [1.29, 1.82) is 0 Å². The Labute approximate surface area is 160 Å². The molecule has 2 fully saturated rings. The maximum absolute atomic E-state index is 12.9. The van der Waals surface area contributed by atoms with Crippen LogP contribution >= 0.6 is 0 Å². The summed E-state index contributed by atoms with van der Waals surface area (Å²) in [5, 5.41) is 0. The van der Waals surface area contributed by atoms with Crippen molar-refractivity contribution in [2.75, 3.05) is 26.2 Å². The molecule has 2 aliphatic heterocycles. The number of aromatic amines is 1. The Morgan fingerprint density at radius 2 is 1.96 bits per heavy atom. The number of aryl methyl sites for hydroxylation is 1. The Kier molecular flexibility index (Phi) is 5.48. The standard InChI is InChI=1S/C20H28N6O/c1-15-23-13-17(20(27)26-8-2-3-9-26)18(24-15)12-16-4-10-25(11-5-16)14-19-21-6-7-22-19/h6-7,13,16H,2-5,8-12,14H2,1H3,(H,21,22). The molecule has 4 rings (SSSR count). The van der Waals surface area contributed by atoms with Crippen molar-refractivity contribution < 1.29 is 4.79 Å². The lowest BCUT2D eigenvalue weighted by Crippen LogP contribution is -2.35. The van der Waals surface area contributed by atoms with E-state index in [1.54, 1.807) is 12.4 Å². The van der Waals surface area contributed by atoms with Gasteiger partial charge < -0.3 is 9.88 Å². The zero-order chi connectivity index (χ0) is 18.6. The molecule has 0 atom stereocenters. The van der Waals surface area contributed by atoms with Gasteiger partial charge in [-0.2, -0.15) is 0 Å². The molecular weight excluding hydrogens is 340 g/mol. The molecule has 0 radical (unpaired) electrons. The molecule has 0 bridgehead atoms. The number of rotatable bonds is 5. The highest BCUT2D eigenvalue weighted by atomic mass is 16.2. The highest BCUT2D eigenvalue weighted by Crippen LogP contribution is 2.24. The average Bonchev–Trinajstić information content (AvgIpc) is 3.37. The molecule has 27 heavy (non-hydrogen) atoms. The summed E-state index contributed by atoms with van der Waals surface area (Å²) in [6, 6.07) is 0. The molecule has 0 aromatic carbocycles. The van der Waals surface area contributed by atoms with Crippen molar-refractivity contribution >= 4 is 5.91 Å². The Hall–Kier alpha value is -2.28. The van der Waals surface area contributed by atoms with Crippen LogP contribution in [0.5, 0.6) is 0 Å². The SMILES string of the molecule is Cc1ncc(C(=O)N2CCCC2)c(CC2CCN(Cc3ncc[nH]3)CC2)n1. The lowest BCUT2D eigenvalue weighted by molar-refractivity contribution is 0.0790. The minimum absolute atomic E-state index is 0.109. The molecule has 144 valence electrons. The summed E-state index contributed by atoms with van der Waals surface area (Å²) < 4.78 is 0. The first-order valence-electron chi connectivity index (χ1n) is 10.0. The van der Waals surface area contributed by atoms with Gasteiger partial charge in [0.15, 0.2) is 0 Å². The van der Waals surface area contributed by atoms with Crippen LogP contribution in [0.25, 0.3) is 0 Å². The van der Waals surface area contributed by atoms with Crippen LogP contribution in [0, 0.1) is 12.8 Å². The number of likely N-dealkylation sites (tertiary alicyclic amines) is 2. The summed E-state index contributed by atoms with van der Waals surface area (Å²) in [6.07, 6.45) is 10.7. The molecule has 0 saturated carbocycles. The summed E-state index contributed by atoms with van der Waals surface area (Å²) in [5.74, 6) is 2.45. The van der Waals surface area contributed by atoms with Gasteiger partial charge in [-0.05, 0) is 58.0 Å². The van der Waals surface area contributed by atoms with Crippen LogP contribution in [0.15, 0.2) is 18.6 Å². The number of nitrogens with zero attached hydrogens (tertiary/aromatic N) is 5. The van der Waals surface area contributed by atoms with Crippen molar-refractivity contribution in [3.05, 3.63) is 41.5 Å². The number of hydrogen-bond donors (Lipinski definition) is 1. The number of amides is 1. The largest absolute Gasteiger partial charge is 0.348 e. The van der Waals surface area contributed by atoms with E-state index in [1.165, 1.54) is 0 Å². The van der Waals surface area contributed by atoms with Gasteiger partial charge in [0.2, 0.25) is 0 Å². The summed E-state index contributed by atoms with van der Waals surface area (Å²) in [4.78, 5) is 33.7. The third kappa shape index (κ3) is 4.35. The van der Waals surface area contributed by atoms with Crippen LogP contribution in [0.3, 0.4) is 0 Å². The number of piperidine rings is 1. The van der Waals surface area contributed by atoms with Gasteiger partial charge in [-0.3, -0.25) is 9.69 Å². The molecule has 7 heteroatoms. The number of hydrogen-bond acceptors (Lipinski definition) is 5. The van der Waals surface area contributed by atoms with Crippen LogP contribution in [-0.2, 0) is 13.0 Å². The van der Waals surface area contributed by atoms with E-state index in [0.717, 1.165) is 82.2 Å². The first-order valence-corrected chi connectivity index (χ1v) is 10.0. The highest BCUT2D eigenvalue weighted by molar-refractivity contribution is 5.95. The first kappa shape index (κ1) is 18.1. The van der Waals surface area contributed by atoms with E-state index in [1.807, 2.05) is 18.0 Å². The molecule has 4 heterocycles. The van der Waals surface area contributed by atoms with Gasteiger partial charge in [0.05, 0.1) is 17.8 Å². The van der Waals surface area contributed by atoms with Crippen molar-refractivity contribution in [3.63, 3.8) is 0 Å². The summed E-state index contributed by atoms with van der Waals surface area (Å²) >= 11 is 0. The zero-order valence-corrected chi connectivity index (χ0v) is 16.0. The third-order valence-electron chi connectivity index (χ3n) is 5.73. The van der Waals surface area contributed by atoms with E-state index in [9.17, 15) is 4.79 Å². The number of H-pyrrole nitrogens is 1. The molecule has 2 aromatic heterocycles. The van der Waals surface area contributed by atoms with E-state index in [2.05, 4.69) is 24.8 Å². The lowest BCUT2D eigenvalue weighted by atomic mass is 9.90. The third-order valence-corrected chi connectivity index (χ3v) is 5.73. The maximum Gasteiger partial charge on any atom is 0.257 e. The van der Waals surface area contributed by atoms with Gasteiger partial charge in [0, 0.05) is 31.7 Å². The second kappa shape index (κ2) is 8.17. The molecule has 1 amide bonds. The first-order chi connectivity index (χ1) is 13.2. The quantitative estimate of drug-likeness (QED) is 0.875. The monoisotopic (exact) mass is 368 g/mol. The second-order valence-corrected chi connectivity index (χ2v) is 7.74. The molecule has 2 aliphatic rings. The van der Waals surface area contributed by atoms with Crippen LogP contribution in [0.4, 0.5) is 0 Å². The fraction of sp³-hybridized carbons (Fsp3) is 0.600. The Morgan fingerprint density at radius 3 is 2.67 bits per heavy atom. The predicted octanol–water partition coefficient (Wildman–Crippen LogP) is 2.20. The van der Waals surface area contributed by atoms with Crippen molar-refractivity contribution in [2.24, 2.45) is 5.92 Å². The van der Waals surface area contributed by atoms with Crippen molar-refractivity contribution in [1.82, 2.24) is 29.7 Å². The van der Waals surface area contributed by atoms with Crippen LogP contribution in [0.1, 0.15) is 53.4 Å². The van der Waals surface area contributed by atoms with Crippen LogP contribution in [0.2, 0.25) is 0 Å². The number of nitrogens with one attached hydrogen (secondary N) is 1. The van der Waals surface area contributed by atoms with Gasteiger partial charge in [-0.25, -0.2) is 15.0 Å². The predicted molar refractivity (Wildman–Crippen MR) is 102 cm³/mol. The van der Waals surface area contributed by atoms with Gasteiger partial charge in [-0.1, -0.05) is 0 Å². The van der Waals surface area contributed by atoms with Crippen LogP contribution < -0.4 is 0 Å². The number of carbonyl (C=O) groups excluding carboxylic acids is 1. The minimum atomic E-state index is 0.109. The maximum atomic E-state index is 12.9. The van der Waals surface area contributed by atoms with E-state index in [0.29, 0.717) is 11.5 Å². The Bertz CT molecular complexity index is 761. The average molecular weight is 368 g/mol. The molecule has 2 aromatic rings. The van der Waals surface area contributed by atoms with Gasteiger partial charge >= 0.3 is 0 Å². The van der Waals surface area contributed by atoms with E-state index in [-0.39, 0.29) is 5.91 Å². The molecule has 0 unspecified atom stereocenters. The normalized spacial score (nSPS) is 18.9.